The lowest BCUT2D eigenvalue weighted by molar-refractivity contribution is 0.669. The predicted octanol–water partition coefficient (Wildman–Crippen LogP) is 4.79. The number of rotatable bonds is 0. The van der Waals surface area contributed by atoms with Gasteiger partial charge in [0.1, 0.15) is 5.58 Å². The van der Waals surface area contributed by atoms with Crippen molar-refractivity contribution in [3.8, 4) is 0 Å². The molecule has 0 N–H and O–H groups in total. The smallest absolute Gasteiger partial charge is 0.153 e. The Kier molecular flexibility index (Phi) is 1.91. The molecule has 4 aromatic rings. The zero-order chi connectivity index (χ0) is 12.1. The lowest BCUT2D eigenvalue weighted by Crippen LogP contribution is -1.74. The Morgan fingerprint density at radius 2 is 1.94 bits per heavy atom. The number of pyridine rings is 1. The molecular weight excluding hydrogens is 246 g/mol. The fourth-order valence-corrected chi connectivity index (χ4v) is 2.56. The summed E-state index contributed by atoms with van der Waals surface area (Å²) in [6.45, 7) is 0. The fraction of sp³-hybridized carbons (Fsp3) is 0. The van der Waals surface area contributed by atoms with Crippen molar-refractivity contribution in [3.05, 3.63) is 53.8 Å². The first-order valence-electron chi connectivity index (χ1n) is 5.67. The first-order chi connectivity index (χ1) is 8.83. The van der Waals surface area contributed by atoms with Crippen molar-refractivity contribution in [3.63, 3.8) is 0 Å². The van der Waals surface area contributed by atoms with Gasteiger partial charge in [-0.25, -0.2) is 0 Å². The minimum absolute atomic E-state index is 0.644. The lowest BCUT2D eigenvalue weighted by atomic mass is 10.1. The maximum absolute atomic E-state index is 6.15. The van der Waals surface area contributed by atoms with E-state index in [1.807, 2.05) is 36.5 Å². The van der Waals surface area contributed by atoms with E-state index in [0.717, 1.165) is 32.7 Å². The number of halogens is 1. The van der Waals surface area contributed by atoms with Crippen molar-refractivity contribution in [2.45, 2.75) is 0 Å². The molecule has 0 aliphatic rings. The summed E-state index contributed by atoms with van der Waals surface area (Å²) in [5, 5.41) is 5.01. The first kappa shape index (κ1) is 9.92. The van der Waals surface area contributed by atoms with Crippen LogP contribution >= 0.6 is 11.6 Å². The maximum Gasteiger partial charge on any atom is 0.153 e. The summed E-state index contributed by atoms with van der Waals surface area (Å²) in [7, 11) is 0. The zero-order valence-electron chi connectivity index (χ0n) is 9.35. The Bertz CT molecular complexity index is 895. The summed E-state index contributed by atoms with van der Waals surface area (Å²) >= 11 is 6.15. The molecule has 2 nitrogen and oxygen atoms in total. The molecule has 0 spiro atoms. The molecule has 2 aromatic carbocycles. The van der Waals surface area contributed by atoms with Gasteiger partial charge in [-0.3, -0.25) is 4.98 Å². The maximum atomic E-state index is 6.15. The van der Waals surface area contributed by atoms with Gasteiger partial charge in [-0.15, -0.1) is 0 Å². The van der Waals surface area contributed by atoms with Gasteiger partial charge in [0.15, 0.2) is 5.58 Å². The average Bonchev–Trinajstić information content (AvgIpc) is 2.76. The van der Waals surface area contributed by atoms with Gasteiger partial charge in [0.2, 0.25) is 0 Å². The van der Waals surface area contributed by atoms with Crippen molar-refractivity contribution in [2.24, 2.45) is 0 Å². The standard InChI is InChI=1S/C15H8ClNO/c16-13-3-1-2-11-12-6-9-4-5-17-8-10(9)7-14(12)18-15(11)13/h1-8H. The van der Waals surface area contributed by atoms with E-state index in [9.17, 15) is 0 Å². The second kappa shape index (κ2) is 3.47. The number of hydrogen-bond acceptors (Lipinski definition) is 2. The third kappa shape index (κ3) is 1.27. The predicted molar refractivity (Wildman–Crippen MR) is 74.0 cm³/mol. The van der Waals surface area contributed by atoms with Gasteiger partial charge in [0.05, 0.1) is 5.02 Å². The summed E-state index contributed by atoms with van der Waals surface area (Å²) in [6, 6.07) is 11.9. The molecule has 0 atom stereocenters. The minimum Gasteiger partial charge on any atom is -0.454 e. The molecule has 0 aliphatic heterocycles. The van der Waals surface area contributed by atoms with E-state index >= 15 is 0 Å². The molecule has 0 radical (unpaired) electrons. The number of nitrogens with zero attached hydrogens (tertiary/aromatic N) is 1. The summed E-state index contributed by atoms with van der Waals surface area (Å²) in [5.41, 5.74) is 1.59. The van der Waals surface area contributed by atoms with Crippen molar-refractivity contribution in [2.75, 3.05) is 0 Å². The minimum atomic E-state index is 0.644. The number of furan rings is 1. The second-order valence-corrected chi connectivity index (χ2v) is 4.70. The van der Waals surface area contributed by atoms with Gasteiger partial charge in [-0.1, -0.05) is 23.7 Å². The molecule has 2 heterocycles. The Hall–Kier alpha value is -2.06. The van der Waals surface area contributed by atoms with E-state index in [0.29, 0.717) is 5.02 Å². The molecular formula is C15H8ClNO. The Morgan fingerprint density at radius 3 is 2.89 bits per heavy atom. The molecule has 86 valence electrons. The lowest BCUT2D eigenvalue weighted by Gasteiger charge is -1.96. The van der Waals surface area contributed by atoms with Crippen LogP contribution in [-0.4, -0.2) is 4.98 Å². The fourth-order valence-electron chi connectivity index (χ4n) is 2.34. The van der Waals surface area contributed by atoms with Crippen LogP contribution in [0.15, 0.2) is 53.2 Å². The third-order valence-corrected chi connectivity index (χ3v) is 3.51. The van der Waals surface area contributed by atoms with Crippen LogP contribution in [0.2, 0.25) is 5.02 Å². The zero-order valence-corrected chi connectivity index (χ0v) is 10.1. The van der Waals surface area contributed by atoms with Crippen LogP contribution in [0.25, 0.3) is 32.7 Å². The normalized spacial score (nSPS) is 11.6. The molecule has 3 heteroatoms. The number of fused-ring (bicyclic) bond motifs is 4. The molecule has 0 saturated heterocycles. The number of benzene rings is 2. The van der Waals surface area contributed by atoms with E-state index in [1.165, 1.54) is 0 Å². The first-order valence-corrected chi connectivity index (χ1v) is 6.05. The van der Waals surface area contributed by atoms with E-state index in [4.69, 9.17) is 16.0 Å². The van der Waals surface area contributed by atoms with Crippen LogP contribution in [0.1, 0.15) is 0 Å². The van der Waals surface area contributed by atoms with Gasteiger partial charge in [0.25, 0.3) is 0 Å². The number of para-hydroxylation sites is 1. The molecule has 0 saturated carbocycles. The van der Waals surface area contributed by atoms with E-state index < -0.39 is 0 Å². The molecule has 0 unspecified atom stereocenters. The average molecular weight is 254 g/mol. The van der Waals surface area contributed by atoms with Crippen LogP contribution in [0.4, 0.5) is 0 Å². The molecule has 2 aromatic heterocycles. The van der Waals surface area contributed by atoms with Gasteiger partial charge in [-0.2, -0.15) is 0 Å². The largest absolute Gasteiger partial charge is 0.454 e. The van der Waals surface area contributed by atoms with Gasteiger partial charge >= 0.3 is 0 Å². The summed E-state index contributed by atoms with van der Waals surface area (Å²) < 4.78 is 5.83. The Morgan fingerprint density at radius 1 is 1.00 bits per heavy atom. The topological polar surface area (TPSA) is 26.0 Å². The Labute approximate surface area is 108 Å². The summed E-state index contributed by atoms with van der Waals surface area (Å²) in [5.74, 6) is 0. The van der Waals surface area contributed by atoms with Crippen LogP contribution in [0.5, 0.6) is 0 Å². The highest BCUT2D eigenvalue weighted by atomic mass is 35.5. The number of aromatic nitrogens is 1. The third-order valence-electron chi connectivity index (χ3n) is 3.21. The molecule has 0 fully saturated rings. The number of hydrogen-bond donors (Lipinski definition) is 0. The van der Waals surface area contributed by atoms with E-state index in [2.05, 4.69) is 11.1 Å². The van der Waals surface area contributed by atoms with Crippen LogP contribution in [-0.2, 0) is 0 Å². The highest BCUT2D eigenvalue weighted by Crippen LogP contribution is 2.35. The highest BCUT2D eigenvalue weighted by Gasteiger charge is 2.10. The van der Waals surface area contributed by atoms with Crippen LogP contribution < -0.4 is 0 Å². The molecule has 0 amide bonds. The Balaban J connectivity index is 2.27. The van der Waals surface area contributed by atoms with E-state index in [1.54, 1.807) is 6.20 Å². The van der Waals surface area contributed by atoms with Crippen molar-refractivity contribution in [1.29, 1.82) is 0 Å². The molecule has 0 bridgehead atoms. The van der Waals surface area contributed by atoms with Gasteiger partial charge in [0, 0.05) is 28.6 Å². The molecule has 4 rings (SSSR count). The van der Waals surface area contributed by atoms with E-state index in [-0.39, 0.29) is 0 Å². The second-order valence-electron chi connectivity index (χ2n) is 4.29. The van der Waals surface area contributed by atoms with Gasteiger partial charge in [-0.05, 0) is 29.7 Å². The quantitative estimate of drug-likeness (QED) is 0.450. The molecule has 18 heavy (non-hydrogen) atoms. The highest BCUT2D eigenvalue weighted by molar-refractivity contribution is 6.35. The van der Waals surface area contributed by atoms with Crippen molar-refractivity contribution < 1.29 is 4.42 Å². The van der Waals surface area contributed by atoms with Gasteiger partial charge < -0.3 is 4.42 Å². The summed E-state index contributed by atoms with van der Waals surface area (Å²) in [4.78, 5) is 4.12. The van der Waals surface area contributed by atoms with Crippen LogP contribution in [0, 0.1) is 0 Å². The monoisotopic (exact) mass is 253 g/mol. The van der Waals surface area contributed by atoms with Crippen molar-refractivity contribution in [1.82, 2.24) is 4.98 Å². The molecule has 0 aliphatic carbocycles. The SMILES string of the molecule is Clc1cccc2c1oc1cc3cnccc3cc12. The summed E-state index contributed by atoms with van der Waals surface area (Å²) in [6.07, 6.45) is 3.63. The van der Waals surface area contributed by atoms with Crippen LogP contribution in [0.3, 0.4) is 0 Å². The van der Waals surface area contributed by atoms with Crippen molar-refractivity contribution >= 4 is 44.3 Å².